The first-order valence-corrected chi connectivity index (χ1v) is 11.4. The molecule has 2 atom stereocenters. The van der Waals surface area contributed by atoms with Crippen LogP contribution in [-0.2, 0) is 9.59 Å². The minimum Gasteiger partial charge on any atom is -0.497 e. The van der Waals surface area contributed by atoms with Crippen LogP contribution in [0.25, 0.3) is 0 Å². The van der Waals surface area contributed by atoms with E-state index in [4.69, 9.17) is 4.74 Å². The second-order valence-electron chi connectivity index (χ2n) is 8.98. The largest absolute Gasteiger partial charge is 0.497 e. The van der Waals surface area contributed by atoms with Crippen molar-refractivity contribution >= 4 is 23.4 Å². The molecule has 7 heteroatoms. The standard InChI is InChI=1S/C26H31N3O4/c1-18(19-11-13-20(33-4)14-12-19)27(3)23(30)10-7-17-28-25(32)21-8-5-6-9-22(21)29-24(31)15-16-26(28,29)2/h5-6,8-9,11-14,18H,7,10,15-17H2,1-4H3. The normalized spacial score (nSPS) is 20.4. The molecule has 2 aromatic rings. The number of para-hydroxylation sites is 1. The highest BCUT2D eigenvalue weighted by molar-refractivity contribution is 6.10. The minimum absolute atomic E-state index is 0.0210. The van der Waals surface area contributed by atoms with Crippen molar-refractivity contribution < 1.29 is 19.1 Å². The molecule has 2 heterocycles. The molecule has 2 aliphatic rings. The highest BCUT2D eigenvalue weighted by Gasteiger charge is 2.52. The number of hydrogen-bond acceptors (Lipinski definition) is 4. The molecule has 0 radical (unpaired) electrons. The van der Waals surface area contributed by atoms with E-state index in [0.29, 0.717) is 43.5 Å². The summed E-state index contributed by atoms with van der Waals surface area (Å²) in [5.41, 5.74) is 1.57. The van der Waals surface area contributed by atoms with Crippen LogP contribution in [0.4, 0.5) is 5.69 Å². The van der Waals surface area contributed by atoms with Crippen LogP contribution in [0.3, 0.4) is 0 Å². The molecule has 1 fully saturated rings. The number of benzene rings is 2. The van der Waals surface area contributed by atoms with Crippen molar-refractivity contribution in [3.05, 3.63) is 59.7 Å². The number of ether oxygens (including phenoxy) is 1. The third-order valence-electron chi connectivity index (χ3n) is 7.09. The van der Waals surface area contributed by atoms with Crippen LogP contribution in [0.2, 0.25) is 0 Å². The molecule has 0 aliphatic carbocycles. The van der Waals surface area contributed by atoms with Crippen molar-refractivity contribution in [2.24, 2.45) is 0 Å². The van der Waals surface area contributed by atoms with E-state index < -0.39 is 5.66 Å². The predicted molar refractivity (Wildman–Crippen MR) is 126 cm³/mol. The van der Waals surface area contributed by atoms with Gasteiger partial charge in [0.1, 0.15) is 11.4 Å². The average Bonchev–Trinajstić information content (AvgIpc) is 3.15. The van der Waals surface area contributed by atoms with Crippen LogP contribution in [-0.4, -0.2) is 53.9 Å². The number of anilines is 1. The van der Waals surface area contributed by atoms with Crippen LogP contribution in [0.15, 0.2) is 48.5 Å². The monoisotopic (exact) mass is 449 g/mol. The molecule has 0 N–H and O–H groups in total. The molecule has 2 aromatic carbocycles. The molecule has 7 nitrogen and oxygen atoms in total. The molecular weight excluding hydrogens is 418 g/mol. The fourth-order valence-corrected chi connectivity index (χ4v) is 4.93. The molecule has 2 unspecified atom stereocenters. The lowest BCUT2D eigenvalue weighted by Gasteiger charge is -2.48. The van der Waals surface area contributed by atoms with Gasteiger partial charge in [0.25, 0.3) is 5.91 Å². The van der Waals surface area contributed by atoms with Crippen LogP contribution in [0, 0.1) is 0 Å². The Bertz CT molecular complexity index is 1070. The second kappa shape index (κ2) is 8.89. The molecule has 33 heavy (non-hydrogen) atoms. The van der Waals surface area contributed by atoms with Crippen molar-refractivity contribution in [2.75, 3.05) is 25.6 Å². The van der Waals surface area contributed by atoms with Gasteiger partial charge in [-0.2, -0.15) is 0 Å². The maximum atomic E-state index is 13.3. The van der Waals surface area contributed by atoms with Gasteiger partial charge in [0, 0.05) is 26.4 Å². The number of rotatable bonds is 7. The smallest absolute Gasteiger partial charge is 0.257 e. The van der Waals surface area contributed by atoms with Crippen molar-refractivity contribution in [2.45, 2.75) is 51.2 Å². The number of fused-ring (bicyclic) bond motifs is 3. The van der Waals surface area contributed by atoms with E-state index in [-0.39, 0.29) is 23.8 Å². The van der Waals surface area contributed by atoms with Crippen molar-refractivity contribution in [1.29, 1.82) is 0 Å². The Morgan fingerprint density at radius 2 is 1.85 bits per heavy atom. The topological polar surface area (TPSA) is 70.2 Å². The van der Waals surface area contributed by atoms with E-state index in [0.717, 1.165) is 11.3 Å². The summed E-state index contributed by atoms with van der Waals surface area (Å²) in [6, 6.07) is 14.9. The predicted octanol–water partition coefficient (Wildman–Crippen LogP) is 3.99. The van der Waals surface area contributed by atoms with E-state index in [1.165, 1.54) is 0 Å². The maximum Gasteiger partial charge on any atom is 0.257 e. The maximum absolute atomic E-state index is 13.3. The van der Waals surface area contributed by atoms with Gasteiger partial charge in [0.05, 0.1) is 24.4 Å². The lowest BCUT2D eigenvalue weighted by atomic mass is 9.97. The molecule has 0 saturated carbocycles. The highest BCUT2D eigenvalue weighted by atomic mass is 16.5. The zero-order valence-corrected chi connectivity index (χ0v) is 19.7. The number of amides is 3. The first-order valence-electron chi connectivity index (χ1n) is 11.4. The Kier molecular flexibility index (Phi) is 6.15. The first kappa shape index (κ1) is 22.8. The molecule has 3 amide bonds. The summed E-state index contributed by atoms with van der Waals surface area (Å²) < 4.78 is 5.21. The summed E-state index contributed by atoms with van der Waals surface area (Å²) in [6.45, 7) is 4.36. The fraction of sp³-hybridized carbons (Fsp3) is 0.423. The van der Waals surface area contributed by atoms with Gasteiger partial charge in [-0.3, -0.25) is 19.3 Å². The SMILES string of the molecule is COc1ccc(C(C)N(C)C(=O)CCCN2C(=O)c3ccccc3N3C(=O)CCC23C)cc1. The third kappa shape index (κ3) is 3.96. The number of carbonyl (C=O) groups excluding carboxylic acids is 3. The van der Waals surface area contributed by atoms with Gasteiger partial charge in [-0.1, -0.05) is 24.3 Å². The van der Waals surface area contributed by atoms with Gasteiger partial charge in [0.2, 0.25) is 11.8 Å². The quantitative estimate of drug-likeness (QED) is 0.641. The van der Waals surface area contributed by atoms with Gasteiger partial charge >= 0.3 is 0 Å². The zero-order chi connectivity index (χ0) is 23.8. The number of hydrogen-bond donors (Lipinski definition) is 0. The Balaban J connectivity index is 1.43. The van der Waals surface area contributed by atoms with Crippen molar-refractivity contribution in [3.63, 3.8) is 0 Å². The van der Waals surface area contributed by atoms with Crippen molar-refractivity contribution in [1.82, 2.24) is 9.80 Å². The summed E-state index contributed by atoms with van der Waals surface area (Å²) in [7, 11) is 3.43. The van der Waals surface area contributed by atoms with Gasteiger partial charge in [-0.05, 0) is 56.5 Å². The summed E-state index contributed by atoms with van der Waals surface area (Å²) in [5, 5.41) is 0. The van der Waals surface area contributed by atoms with Crippen LogP contribution in [0.5, 0.6) is 5.75 Å². The molecule has 0 aromatic heterocycles. The summed E-state index contributed by atoms with van der Waals surface area (Å²) in [6.07, 6.45) is 1.86. The van der Waals surface area contributed by atoms with E-state index in [1.807, 2.05) is 56.3 Å². The van der Waals surface area contributed by atoms with Crippen LogP contribution >= 0.6 is 0 Å². The van der Waals surface area contributed by atoms with Crippen molar-refractivity contribution in [3.8, 4) is 5.75 Å². The Morgan fingerprint density at radius 1 is 1.15 bits per heavy atom. The molecule has 2 aliphatic heterocycles. The molecule has 174 valence electrons. The number of methoxy groups -OCH3 is 1. The van der Waals surface area contributed by atoms with Crippen LogP contribution in [0.1, 0.15) is 61.5 Å². The third-order valence-corrected chi connectivity index (χ3v) is 7.09. The molecule has 4 rings (SSSR count). The molecule has 0 bridgehead atoms. The molecule has 1 saturated heterocycles. The van der Waals surface area contributed by atoms with Gasteiger partial charge in [-0.25, -0.2) is 0 Å². The zero-order valence-electron chi connectivity index (χ0n) is 19.7. The average molecular weight is 450 g/mol. The van der Waals surface area contributed by atoms with Gasteiger partial charge in [0.15, 0.2) is 0 Å². The fourth-order valence-electron chi connectivity index (χ4n) is 4.93. The Morgan fingerprint density at radius 3 is 2.55 bits per heavy atom. The van der Waals surface area contributed by atoms with E-state index in [9.17, 15) is 14.4 Å². The molecular formula is C26H31N3O4. The summed E-state index contributed by atoms with van der Waals surface area (Å²) in [4.78, 5) is 44.2. The Labute approximate surface area is 194 Å². The van der Waals surface area contributed by atoms with E-state index in [2.05, 4.69) is 0 Å². The summed E-state index contributed by atoms with van der Waals surface area (Å²) in [5.74, 6) is 0.756. The second-order valence-corrected chi connectivity index (χ2v) is 8.98. The summed E-state index contributed by atoms with van der Waals surface area (Å²) >= 11 is 0. The number of carbonyl (C=O) groups is 3. The highest BCUT2D eigenvalue weighted by Crippen LogP contribution is 2.44. The van der Waals surface area contributed by atoms with Gasteiger partial charge < -0.3 is 14.5 Å². The lowest BCUT2D eigenvalue weighted by Crippen LogP contribution is -2.62. The lowest BCUT2D eigenvalue weighted by molar-refractivity contribution is -0.132. The molecule has 0 spiro atoms. The van der Waals surface area contributed by atoms with Gasteiger partial charge in [-0.15, -0.1) is 0 Å². The number of nitrogens with zero attached hydrogens (tertiary/aromatic N) is 3. The minimum atomic E-state index is -0.687. The van der Waals surface area contributed by atoms with E-state index >= 15 is 0 Å². The Hall–Kier alpha value is -3.35. The van der Waals surface area contributed by atoms with E-state index in [1.54, 1.807) is 34.9 Å². The first-order chi connectivity index (χ1) is 15.8. The van der Waals surface area contributed by atoms with Crippen LogP contribution < -0.4 is 9.64 Å².